The third-order valence-electron chi connectivity index (χ3n) is 12.2. The van der Waals surface area contributed by atoms with Gasteiger partial charge in [0.15, 0.2) is 0 Å². The number of rotatable bonds is 3. The van der Waals surface area contributed by atoms with E-state index in [0.717, 1.165) is 10.8 Å². The van der Waals surface area contributed by atoms with Gasteiger partial charge in [0.1, 0.15) is 160 Å². The third-order valence-corrected chi connectivity index (χ3v) is 12.2. The van der Waals surface area contributed by atoms with Crippen molar-refractivity contribution in [2.45, 2.75) is 0 Å². The standard InChI is InChI=1S/C42H7B19O/c43-22-11(10-7-3-5-8-4-1-2-6-9(8)10)24(45)32(53)29(50)18(22)12-14-16(27(48)35(56)33(54)25(14)46)13(17-15(12)26(47)34(55)36(57)28(17)49)19-23(44)20-21-31(52)37(58)38(59)40(61)42(21)62-41(20)39(60)30(19)51/h1-7H. The van der Waals surface area contributed by atoms with E-state index in [1.165, 1.54) is 0 Å². The van der Waals surface area contributed by atoms with Crippen LogP contribution in [0.2, 0.25) is 0 Å². The van der Waals surface area contributed by atoms with Gasteiger partial charge in [0, 0.05) is 10.8 Å². The summed E-state index contributed by atoms with van der Waals surface area (Å²) in [5.74, 6) is 0. The molecule has 1 nitrogen and oxygen atoms in total. The van der Waals surface area contributed by atoms with Gasteiger partial charge in [-0.25, -0.2) is 0 Å². The van der Waals surface area contributed by atoms with Crippen LogP contribution in [-0.2, 0) is 0 Å². The van der Waals surface area contributed by atoms with Crippen LogP contribution in [0, 0.1) is 0 Å². The molecule has 0 fully saturated rings. The van der Waals surface area contributed by atoms with Gasteiger partial charge in [0.25, 0.3) is 0 Å². The monoisotopic (exact) mass is 736 g/mol. The summed E-state index contributed by atoms with van der Waals surface area (Å²) in [7, 11) is 129. The van der Waals surface area contributed by atoms with Crippen LogP contribution in [0.25, 0.3) is 87.6 Å². The van der Waals surface area contributed by atoms with Crippen LogP contribution in [0.15, 0.2) is 46.9 Å². The molecule has 0 bridgehead atoms. The first-order valence-electron chi connectivity index (χ1n) is 18.7. The highest BCUT2D eigenvalue weighted by Crippen LogP contribution is 2.40. The van der Waals surface area contributed by atoms with Gasteiger partial charge in [-0.15, -0.1) is 38.2 Å². The highest BCUT2D eigenvalue weighted by atomic mass is 16.3. The average molecular weight is 733 g/mol. The van der Waals surface area contributed by atoms with Crippen LogP contribution in [0.1, 0.15) is 0 Å². The molecule has 0 aliphatic carbocycles. The minimum Gasteiger partial charge on any atom is -0.457 e. The molecule has 0 N–H and O–H groups in total. The van der Waals surface area contributed by atoms with Crippen LogP contribution in [0.4, 0.5) is 0 Å². The number of hydrogen-bond donors (Lipinski definition) is 0. The third kappa shape index (κ3) is 5.56. The van der Waals surface area contributed by atoms with E-state index >= 15 is 0 Å². The average Bonchev–Trinajstić information content (AvgIpc) is 3.67. The molecule has 1 heterocycles. The SMILES string of the molecule is [B]c1c([B])c(-c2cccc3ccccc23)c([B])c(-c2c3c([B])c([B])c([B])c([B])c3c(-c3c([B])c([B])c4oc5c([B])c([B])c([B])c([B])c5c4c3[B])c3c([B])c([B])c([B])c([B])c23)c1[B]. The van der Waals surface area contributed by atoms with Crippen molar-refractivity contribution in [3.63, 3.8) is 0 Å². The summed E-state index contributed by atoms with van der Waals surface area (Å²) in [6.45, 7) is 0. The maximum atomic E-state index is 7.29. The van der Waals surface area contributed by atoms with E-state index in [-0.39, 0.29) is 170 Å². The summed E-state index contributed by atoms with van der Waals surface area (Å²) in [5.41, 5.74) is 0.570. The lowest BCUT2D eigenvalue weighted by Gasteiger charge is -2.32. The van der Waals surface area contributed by atoms with Crippen molar-refractivity contribution in [3.8, 4) is 33.4 Å². The Morgan fingerprint density at radius 2 is 0.581 bits per heavy atom. The van der Waals surface area contributed by atoms with Crippen LogP contribution in [0.5, 0.6) is 0 Å². The summed E-state index contributed by atoms with van der Waals surface area (Å²) < 4.78 is 6.17. The van der Waals surface area contributed by atoms with E-state index < -0.39 is 0 Å². The Morgan fingerprint density at radius 3 is 1.08 bits per heavy atom. The highest BCUT2D eigenvalue weighted by Gasteiger charge is 2.30. The molecule has 9 rings (SSSR count). The Morgan fingerprint density at radius 1 is 0.242 bits per heavy atom. The summed E-state index contributed by atoms with van der Waals surface area (Å²) in [4.78, 5) is 0. The Bertz CT molecular complexity index is 3490. The predicted molar refractivity (Wildman–Crippen MR) is 285 cm³/mol. The van der Waals surface area contributed by atoms with Gasteiger partial charge in [-0.05, 0) is 65.7 Å². The second-order valence-electron chi connectivity index (χ2n) is 15.3. The van der Waals surface area contributed by atoms with Gasteiger partial charge in [-0.3, -0.25) is 0 Å². The molecular formula is C42H7B19O. The lowest BCUT2D eigenvalue weighted by Crippen LogP contribution is -2.51. The van der Waals surface area contributed by atoms with Crippen molar-refractivity contribution in [2.24, 2.45) is 0 Å². The Balaban J connectivity index is 1.60. The van der Waals surface area contributed by atoms with Crippen molar-refractivity contribution in [1.29, 1.82) is 0 Å². The van der Waals surface area contributed by atoms with Gasteiger partial charge >= 0.3 is 0 Å². The van der Waals surface area contributed by atoms with Gasteiger partial charge in [-0.1, -0.05) is 108 Å². The Labute approximate surface area is 385 Å². The van der Waals surface area contributed by atoms with Crippen molar-refractivity contribution in [3.05, 3.63) is 42.5 Å². The molecular weight excluding hydrogens is 726 g/mol. The van der Waals surface area contributed by atoms with Gasteiger partial charge in [0.2, 0.25) is 0 Å². The second-order valence-corrected chi connectivity index (χ2v) is 15.3. The smallest absolute Gasteiger partial charge is 0.127 e. The van der Waals surface area contributed by atoms with E-state index in [1.54, 1.807) is 0 Å². The molecule has 9 aromatic rings. The molecule has 62 heavy (non-hydrogen) atoms. The molecule has 238 valence electrons. The Hall–Kier alpha value is -4.43. The Kier molecular flexibility index (Phi) is 10.2. The van der Waals surface area contributed by atoms with Crippen LogP contribution >= 0.6 is 0 Å². The van der Waals surface area contributed by atoms with E-state index in [2.05, 4.69) is 0 Å². The zero-order valence-electron chi connectivity index (χ0n) is 32.9. The molecule has 0 aliphatic heterocycles. The minimum atomic E-state index is -0.113. The highest BCUT2D eigenvalue weighted by molar-refractivity contribution is 6.74. The fourth-order valence-corrected chi connectivity index (χ4v) is 8.95. The van der Waals surface area contributed by atoms with Crippen molar-refractivity contribution < 1.29 is 4.42 Å². The topological polar surface area (TPSA) is 13.1 Å². The van der Waals surface area contributed by atoms with E-state index in [0.29, 0.717) is 11.1 Å². The molecule has 38 radical (unpaired) electrons. The van der Waals surface area contributed by atoms with Gasteiger partial charge in [-0.2, -0.15) is 0 Å². The van der Waals surface area contributed by atoms with Crippen LogP contribution < -0.4 is 104 Å². The molecule has 1 aromatic heterocycles. The lowest BCUT2D eigenvalue weighted by atomic mass is 9.56. The van der Waals surface area contributed by atoms with Gasteiger partial charge in [0.05, 0.1) is 0 Å². The maximum absolute atomic E-state index is 7.29. The quantitative estimate of drug-likeness (QED) is 0.130. The van der Waals surface area contributed by atoms with E-state index in [4.69, 9.17) is 153 Å². The number of fused-ring (bicyclic) bond motifs is 6. The number of benzene rings is 8. The number of furan rings is 1. The second kappa shape index (κ2) is 14.8. The molecule has 8 aromatic carbocycles. The summed E-state index contributed by atoms with van der Waals surface area (Å²) in [6.07, 6.45) is 0. The maximum Gasteiger partial charge on any atom is 0.127 e. The van der Waals surface area contributed by atoms with Crippen LogP contribution in [-0.4, -0.2) is 149 Å². The van der Waals surface area contributed by atoms with E-state index in [9.17, 15) is 0 Å². The summed E-state index contributed by atoms with van der Waals surface area (Å²) in [5, 5.41) is 2.53. The summed E-state index contributed by atoms with van der Waals surface area (Å²) in [6, 6.07) is 13.3. The van der Waals surface area contributed by atoms with Crippen molar-refractivity contribution >= 4 is 307 Å². The van der Waals surface area contributed by atoms with Gasteiger partial charge < -0.3 is 4.42 Å². The first-order valence-corrected chi connectivity index (χ1v) is 18.7. The van der Waals surface area contributed by atoms with Crippen LogP contribution in [0.3, 0.4) is 0 Å². The summed E-state index contributed by atoms with van der Waals surface area (Å²) >= 11 is 0. The first kappa shape index (κ1) is 42.9. The van der Waals surface area contributed by atoms with Crippen molar-refractivity contribution in [1.82, 2.24) is 0 Å². The van der Waals surface area contributed by atoms with E-state index in [1.807, 2.05) is 42.5 Å². The predicted octanol–water partition coefficient (Wildman–Crippen LogP) is -10.9. The largest absolute Gasteiger partial charge is 0.457 e. The molecule has 0 saturated heterocycles. The fraction of sp³-hybridized carbons (Fsp3) is 0. The molecule has 0 amide bonds. The molecule has 0 saturated carbocycles. The molecule has 0 unspecified atom stereocenters. The molecule has 0 atom stereocenters. The lowest BCUT2D eigenvalue weighted by molar-refractivity contribution is 0.675. The fourth-order valence-electron chi connectivity index (χ4n) is 8.95. The zero-order chi connectivity index (χ0) is 44.9. The molecule has 0 spiro atoms. The molecule has 20 heteroatoms. The minimum absolute atomic E-state index is 0.00720. The molecule has 0 aliphatic rings. The van der Waals surface area contributed by atoms with Crippen molar-refractivity contribution in [2.75, 3.05) is 0 Å². The number of hydrogen-bond acceptors (Lipinski definition) is 1. The zero-order valence-corrected chi connectivity index (χ0v) is 32.9. The first-order chi connectivity index (χ1) is 29.3. The normalized spacial score (nSPS) is 11.8.